The lowest BCUT2D eigenvalue weighted by Crippen LogP contribution is -2.14. The number of thiazole rings is 1. The lowest BCUT2D eigenvalue weighted by atomic mass is 10.2. The monoisotopic (exact) mass is 374 g/mol. The van der Waals surface area contributed by atoms with Gasteiger partial charge in [-0.1, -0.05) is 30.3 Å². The van der Waals surface area contributed by atoms with Crippen LogP contribution >= 0.6 is 11.3 Å². The van der Waals surface area contributed by atoms with Crippen molar-refractivity contribution in [3.8, 4) is 11.3 Å². The Morgan fingerprint density at radius 1 is 1.12 bits per heavy atom. The zero-order valence-corrected chi connectivity index (χ0v) is 14.6. The number of benzene rings is 2. The number of nitrogens with one attached hydrogen (secondary N) is 1. The van der Waals surface area contributed by atoms with Crippen molar-refractivity contribution in [1.82, 2.24) is 4.98 Å². The molecule has 2 aromatic carbocycles. The predicted octanol–water partition coefficient (Wildman–Crippen LogP) is 4.63. The standard InChI is InChI=1S/C19H16F2N2O2S/c20-15-7-6-14(10-16(15)21)17-12-26-19(22-17)23-18(24)8-9-25-11-13-4-2-1-3-5-13/h1-7,10,12H,8-9,11H2,(H,22,23,24). The summed E-state index contributed by atoms with van der Waals surface area (Å²) < 4.78 is 31.8. The lowest BCUT2D eigenvalue weighted by molar-refractivity contribution is -0.117. The third-order valence-electron chi connectivity index (χ3n) is 3.55. The molecule has 4 nitrogen and oxygen atoms in total. The Labute approximate surface area is 153 Å². The van der Waals surface area contributed by atoms with Crippen LogP contribution in [-0.2, 0) is 16.1 Å². The van der Waals surface area contributed by atoms with E-state index in [1.807, 2.05) is 30.3 Å². The van der Waals surface area contributed by atoms with E-state index in [1.54, 1.807) is 5.38 Å². The molecule has 0 aliphatic carbocycles. The summed E-state index contributed by atoms with van der Waals surface area (Å²) >= 11 is 1.22. The van der Waals surface area contributed by atoms with Crippen molar-refractivity contribution >= 4 is 22.4 Å². The number of ether oxygens (including phenoxy) is 1. The van der Waals surface area contributed by atoms with Crippen LogP contribution in [0.15, 0.2) is 53.9 Å². The summed E-state index contributed by atoms with van der Waals surface area (Å²) in [5.41, 5.74) is 1.97. The van der Waals surface area contributed by atoms with Crippen LogP contribution < -0.4 is 5.32 Å². The van der Waals surface area contributed by atoms with E-state index >= 15 is 0 Å². The number of nitrogens with zero attached hydrogens (tertiary/aromatic N) is 1. The molecule has 1 N–H and O–H groups in total. The zero-order chi connectivity index (χ0) is 18.4. The van der Waals surface area contributed by atoms with Crippen LogP contribution in [0.3, 0.4) is 0 Å². The summed E-state index contributed by atoms with van der Waals surface area (Å²) in [6, 6.07) is 13.3. The molecule has 0 atom stereocenters. The molecule has 0 spiro atoms. The number of carbonyl (C=O) groups excluding carboxylic acids is 1. The van der Waals surface area contributed by atoms with Gasteiger partial charge in [0.05, 0.1) is 25.3 Å². The van der Waals surface area contributed by atoms with Crippen LogP contribution in [0.1, 0.15) is 12.0 Å². The predicted molar refractivity (Wildman–Crippen MR) is 96.8 cm³/mol. The number of aromatic nitrogens is 1. The lowest BCUT2D eigenvalue weighted by Gasteiger charge is -2.04. The summed E-state index contributed by atoms with van der Waals surface area (Å²) in [5, 5.41) is 4.75. The summed E-state index contributed by atoms with van der Waals surface area (Å²) in [4.78, 5) is 16.2. The number of anilines is 1. The Kier molecular flexibility index (Phi) is 6.04. The Morgan fingerprint density at radius 3 is 2.69 bits per heavy atom. The van der Waals surface area contributed by atoms with E-state index in [-0.39, 0.29) is 12.3 Å². The fourth-order valence-corrected chi connectivity index (χ4v) is 2.97. The number of hydrogen-bond acceptors (Lipinski definition) is 4. The fourth-order valence-electron chi connectivity index (χ4n) is 2.23. The van der Waals surface area contributed by atoms with E-state index in [4.69, 9.17) is 4.74 Å². The van der Waals surface area contributed by atoms with Crippen LogP contribution in [0, 0.1) is 11.6 Å². The molecule has 0 saturated carbocycles. The third kappa shape index (κ3) is 4.93. The molecule has 3 aromatic rings. The van der Waals surface area contributed by atoms with E-state index in [2.05, 4.69) is 10.3 Å². The molecule has 3 rings (SSSR count). The highest BCUT2D eigenvalue weighted by Gasteiger charge is 2.10. The average molecular weight is 374 g/mol. The molecular weight excluding hydrogens is 358 g/mol. The van der Waals surface area contributed by atoms with Crippen molar-refractivity contribution in [2.45, 2.75) is 13.0 Å². The van der Waals surface area contributed by atoms with Crippen LogP contribution in [0.25, 0.3) is 11.3 Å². The SMILES string of the molecule is O=C(CCOCc1ccccc1)Nc1nc(-c2ccc(F)c(F)c2)cs1. The minimum Gasteiger partial charge on any atom is -0.376 e. The Morgan fingerprint density at radius 2 is 1.92 bits per heavy atom. The maximum Gasteiger partial charge on any atom is 0.228 e. The van der Waals surface area contributed by atoms with Gasteiger partial charge in [-0.15, -0.1) is 11.3 Å². The van der Waals surface area contributed by atoms with Crippen LogP contribution in [0.4, 0.5) is 13.9 Å². The Bertz CT molecular complexity index is 884. The molecule has 134 valence electrons. The van der Waals surface area contributed by atoms with E-state index in [0.717, 1.165) is 17.7 Å². The fraction of sp³-hybridized carbons (Fsp3) is 0.158. The molecule has 0 fully saturated rings. The molecular formula is C19H16F2N2O2S. The first-order valence-corrected chi connectivity index (χ1v) is 8.82. The van der Waals surface area contributed by atoms with E-state index in [1.165, 1.54) is 17.4 Å². The second-order valence-corrected chi connectivity index (χ2v) is 6.36. The second-order valence-electron chi connectivity index (χ2n) is 5.50. The van der Waals surface area contributed by atoms with Crippen LogP contribution in [0.5, 0.6) is 0 Å². The molecule has 1 heterocycles. The number of rotatable bonds is 7. The quantitative estimate of drug-likeness (QED) is 0.613. The summed E-state index contributed by atoms with van der Waals surface area (Å²) in [7, 11) is 0. The minimum atomic E-state index is -0.934. The summed E-state index contributed by atoms with van der Waals surface area (Å²) in [5.74, 6) is -2.06. The van der Waals surface area contributed by atoms with Gasteiger partial charge < -0.3 is 10.1 Å². The molecule has 26 heavy (non-hydrogen) atoms. The Hall–Kier alpha value is -2.64. The number of amides is 1. The van der Waals surface area contributed by atoms with Gasteiger partial charge in [0.25, 0.3) is 0 Å². The molecule has 7 heteroatoms. The van der Waals surface area contributed by atoms with Crippen molar-refractivity contribution < 1.29 is 18.3 Å². The van der Waals surface area contributed by atoms with Crippen molar-refractivity contribution in [1.29, 1.82) is 0 Å². The van der Waals surface area contributed by atoms with E-state index < -0.39 is 11.6 Å². The first kappa shape index (κ1) is 18.2. The molecule has 0 unspecified atom stereocenters. The first-order valence-electron chi connectivity index (χ1n) is 7.94. The van der Waals surface area contributed by atoms with Crippen LogP contribution in [-0.4, -0.2) is 17.5 Å². The van der Waals surface area contributed by atoms with E-state index in [9.17, 15) is 13.6 Å². The third-order valence-corrected chi connectivity index (χ3v) is 4.31. The minimum absolute atomic E-state index is 0.201. The maximum atomic E-state index is 13.3. The normalized spacial score (nSPS) is 10.7. The molecule has 0 aliphatic rings. The smallest absolute Gasteiger partial charge is 0.228 e. The van der Waals surface area contributed by atoms with Gasteiger partial charge in [0, 0.05) is 10.9 Å². The average Bonchev–Trinajstić information content (AvgIpc) is 3.10. The van der Waals surface area contributed by atoms with Gasteiger partial charge in [0.15, 0.2) is 16.8 Å². The van der Waals surface area contributed by atoms with Gasteiger partial charge in [0.1, 0.15) is 0 Å². The van der Waals surface area contributed by atoms with Crippen molar-refractivity contribution in [3.63, 3.8) is 0 Å². The zero-order valence-electron chi connectivity index (χ0n) is 13.7. The van der Waals surface area contributed by atoms with E-state index in [0.29, 0.717) is 29.6 Å². The highest BCUT2D eigenvalue weighted by molar-refractivity contribution is 7.14. The highest BCUT2D eigenvalue weighted by Crippen LogP contribution is 2.26. The molecule has 1 amide bonds. The first-order chi connectivity index (χ1) is 12.6. The van der Waals surface area contributed by atoms with Gasteiger partial charge >= 0.3 is 0 Å². The number of hydrogen-bond donors (Lipinski definition) is 1. The van der Waals surface area contributed by atoms with Crippen LogP contribution in [0.2, 0.25) is 0 Å². The highest BCUT2D eigenvalue weighted by atomic mass is 32.1. The van der Waals surface area contributed by atoms with Crippen molar-refractivity contribution in [2.75, 3.05) is 11.9 Å². The van der Waals surface area contributed by atoms with Gasteiger partial charge in [-0.3, -0.25) is 4.79 Å². The van der Waals surface area contributed by atoms with Gasteiger partial charge in [0.2, 0.25) is 5.91 Å². The topological polar surface area (TPSA) is 51.2 Å². The Balaban J connectivity index is 1.47. The van der Waals surface area contributed by atoms with Crippen molar-refractivity contribution in [3.05, 3.63) is 71.1 Å². The van der Waals surface area contributed by atoms with Gasteiger partial charge in [-0.25, -0.2) is 13.8 Å². The molecule has 0 radical (unpaired) electrons. The molecule has 0 bridgehead atoms. The molecule has 0 saturated heterocycles. The van der Waals surface area contributed by atoms with Crippen molar-refractivity contribution in [2.24, 2.45) is 0 Å². The number of carbonyl (C=O) groups is 1. The maximum absolute atomic E-state index is 13.3. The largest absolute Gasteiger partial charge is 0.376 e. The summed E-state index contributed by atoms with van der Waals surface area (Å²) in [6.07, 6.45) is 0.201. The second kappa shape index (κ2) is 8.64. The number of halogens is 2. The van der Waals surface area contributed by atoms with Gasteiger partial charge in [-0.05, 0) is 23.8 Å². The summed E-state index contributed by atoms with van der Waals surface area (Å²) in [6.45, 7) is 0.744. The molecule has 1 aromatic heterocycles. The van der Waals surface area contributed by atoms with Gasteiger partial charge in [-0.2, -0.15) is 0 Å². The molecule has 0 aliphatic heterocycles.